The minimum Gasteiger partial charge on any atom is -0.352 e. The van der Waals surface area contributed by atoms with E-state index in [0.29, 0.717) is 25.9 Å². The number of benzene rings is 2. The molecule has 4 rings (SSSR count). The Morgan fingerprint density at radius 2 is 1.87 bits per heavy atom. The molecular weight excluding hydrogens is 412 g/mol. The van der Waals surface area contributed by atoms with Gasteiger partial charge in [-0.05, 0) is 49.6 Å². The fraction of sp³-hybridized carbons (Fsp3) is 0.304. The minimum absolute atomic E-state index is 0.109. The third-order valence-corrected chi connectivity index (χ3v) is 7.50. The molecule has 1 saturated heterocycles. The van der Waals surface area contributed by atoms with Crippen molar-refractivity contribution in [3.05, 3.63) is 78.4 Å². The number of amides is 1. The van der Waals surface area contributed by atoms with Crippen molar-refractivity contribution in [2.24, 2.45) is 5.92 Å². The van der Waals surface area contributed by atoms with Crippen molar-refractivity contribution in [1.29, 1.82) is 0 Å². The summed E-state index contributed by atoms with van der Waals surface area (Å²) in [6.07, 6.45) is 6.68. The van der Waals surface area contributed by atoms with Gasteiger partial charge in [0.1, 0.15) is 0 Å². The molecule has 162 valence electrons. The van der Waals surface area contributed by atoms with Gasteiger partial charge in [-0.1, -0.05) is 29.8 Å². The third-order valence-electron chi connectivity index (χ3n) is 5.62. The van der Waals surface area contributed by atoms with Gasteiger partial charge in [0.15, 0.2) is 0 Å². The lowest BCUT2D eigenvalue weighted by molar-refractivity contribution is -0.126. The van der Waals surface area contributed by atoms with Crippen molar-refractivity contribution in [1.82, 2.24) is 19.2 Å². The van der Waals surface area contributed by atoms with Crippen LogP contribution in [0.4, 0.5) is 0 Å². The first-order valence-corrected chi connectivity index (χ1v) is 11.8. The molecule has 1 N–H and O–H groups in total. The molecule has 0 radical (unpaired) electrons. The second-order valence-electron chi connectivity index (χ2n) is 7.87. The number of hydrogen-bond donors (Lipinski definition) is 1. The van der Waals surface area contributed by atoms with Gasteiger partial charge in [-0.2, -0.15) is 4.31 Å². The number of piperidine rings is 1. The van der Waals surface area contributed by atoms with Crippen molar-refractivity contribution in [3.63, 3.8) is 0 Å². The van der Waals surface area contributed by atoms with E-state index in [0.717, 1.165) is 16.8 Å². The predicted molar refractivity (Wildman–Crippen MR) is 118 cm³/mol. The number of rotatable bonds is 6. The molecule has 0 unspecified atom stereocenters. The van der Waals surface area contributed by atoms with E-state index >= 15 is 0 Å². The molecule has 2 heterocycles. The van der Waals surface area contributed by atoms with Crippen LogP contribution in [0.25, 0.3) is 5.69 Å². The maximum atomic E-state index is 13.0. The van der Waals surface area contributed by atoms with Gasteiger partial charge in [0.25, 0.3) is 0 Å². The number of aromatic nitrogens is 2. The lowest BCUT2D eigenvalue weighted by atomic mass is 9.99. The Kier molecular flexibility index (Phi) is 6.20. The summed E-state index contributed by atoms with van der Waals surface area (Å²) < 4.78 is 29.3. The Hall–Kier alpha value is -2.97. The summed E-state index contributed by atoms with van der Waals surface area (Å²) in [4.78, 5) is 17.0. The van der Waals surface area contributed by atoms with Gasteiger partial charge in [0.05, 0.1) is 17.1 Å². The molecule has 8 heteroatoms. The number of carbonyl (C=O) groups excluding carboxylic acids is 1. The number of carbonyl (C=O) groups is 1. The zero-order valence-corrected chi connectivity index (χ0v) is 18.3. The van der Waals surface area contributed by atoms with Crippen LogP contribution in [0.15, 0.2) is 72.1 Å². The zero-order chi connectivity index (χ0) is 21.8. The van der Waals surface area contributed by atoms with Crippen LogP contribution in [0, 0.1) is 12.8 Å². The second kappa shape index (κ2) is 9.03. The quantitative estimate of drug-likeness (QED) is 0.641. The van der Waals surface area contributed by atoms with Gasteiger partial charge < -0.3 is 9.88 Å². The highest BCUT2D eigenvalue weighted by atomic mass is 32.2. The smallest absolute Gasteiger partial charge is 0.243 e. The molecule has 0 bridgehead atoms. The highest BCUT2D eigenvalue weighted by Crippen LogP contribution is 2.24. The van der Waals surface area contributed by atoms with Crippen LogP contribution in [0.5, 0.6) is 0 Å². The van der Waals surface area contributed by atoms with Crippen molar-refractivity contribution >= 4 is 15.9 Å². The molecule has 31 heavy (non-hydrogen) atoms. The van der Waals surface area contributed by atoms with Gasteiger partial charge in [0.2, 0.25) is 15.9 Å². The average molecular weight is 439 g/mol. The number of sulfonamides is 1. The zero-order valence-electron chi connectivity index (χ0n) is 17.4. The van der Waals surface area contributed by atoms with Crippen molar-refractivity contribution in [3.8, 4) is 5.69 Å². The highest BCUT2D eigenvalue weighted by molar-refractivity contribution is 7.89. The molecule has 0 aliphatic carbocycles. The molecule has 3 aromatic rings. The Bertz CT molecular complexity index is 1120. The Morgan fingerprint density at radius 1 is 1.13 bits per heavy atom. The maximum absolute atomic E-state index is 13.0. The van der Waals surface area contributed by atoms with E-state index in [2.05, 4.69) is 10.3 Å². The summed E-state index contributed by atoms with van der Waals surface area (Å²) in [5, 5.41) is 2.96. The summed E-state index contributed by atoms with van der Waals surface area (Å²) in [7, 11) is -3.59. The molecule has 1 atom stereocenters. The first-order valence-electron chi connectivity index (χ1n) is 10.4. The van der Waals surface area contributed by atoms with E-state index in [-0.39, 0.29) is 23.3 Å². The van der Waals surface area contributed by atoms with Crippen molar-refractivity contribution in [2.75, 3.05) is 13.1 Å². The van der Waals surface area contributed by atoms with Gasteiger partial charge >= 0.3 is 0 Å². The van der Waals surface area contributed by atoms with E-state index < -0.39 is 10.0 Å². The van der Waals surface area contributed by atoms with Crippen molar-refractivity contribution in [2.45, 2.75) is 31.2 Å². The molecule has 1 aliphatic rings. The summed E-state index contributed by atoms with van der Waals surface area (Å²) in [5.41, 5.74) is 2.99. The summed E-state index contributed by atoms with van der Waals surface area (Å²) in [6.45, 7) is 2.98. The normalized spacial score (nSPS) is 17.4. The van der Waals surface area contributed by atoms with Crippen LogP contribution in [0.3, 0.4) is 0 Å². The molecule has 0 spiro atoms. The van der Waals surface area contributed by atoms with E-state index in [1.54, 1.807) is 36.8 Å². The summed E-state index contributed by atoms with van der Waals surface area (Å²) in [6, 6.07) is 14.7. The van der Waals surface area contributed by atoms with Crippen LogP contribution in [0.2, 0.25) is 0 Å². The van der Waals surface area contributed by atoms with Crippen LogP contribution in [-0.2, 0) is 21.4 Å². The van der Waals surface area contributed by atoms with Gasteiger partial charge in [-0.3, -0.25) is 4.79 Å². The predicted octanol–water partition coefficient (Wildman–Crippen LogP) is 2.90. The number of nitrogens with one attached hydrogen (secondary N) is 1. The Labute approximate surface area is 182 Å². The molecular formula is C23H26N4O3S. The van der Waals surface area contributed by atoms with E-state index in [4.69, 9.17) is 0 Å². The van der Waals surface area contributed by atoms with E-state index in [1.165, 1.54) is 4.31 Å². The van der Waals surface area contributed by atoms with Crippen LogP contribution < -0.4 is 5.32 Å². The average Bonchev–Trinajstić information content (AvgIpc) is 3.33. The largest absolute Gasteiger partial charge is 0.352 e. The fourth-order valence-corrected chi connectivity index (χ4v) is 5.29. The molecule has 1 fully saturated rings. The SMILES string of the molecule is Cc1ccc(S(=O)(=O)N2CCC[C@H](C(=O)NCc3ccc(-n4ccnc4)cc3)C2)cc1. The molecule has 1 aliphatic heterocycles. The number of aryl methyl sites for hydroxylation is 1. The van der Waals surface area contributed by atoms with Crippen molar-refractivity contribution < 1.29 is 13.2 Å². The maximum Gasteiger partial charge on any atom is 0.243 e. The topological polar surface area (TPSA) is 84.3 Å². The summed E-state index contributed by atoms with van der Waals surface area (Å²) in [5.74, 6) is -0.457. The van der Waals surface area contributed by atoms with Crippen LogP contribution in [-0.4, -0.2) is 41.3 Å². The molecule has 1 aromatic heterocycles. The Morgan fingerprint density at radius 3 is 2.55 bits per heavy atom. The van der Waals surface area contributed by atoms with Crippen LogP contribution >= 0.6 is 0 Å². The number of imidazole rings is 1. The lowest BCUT2D eigenvalue weighted by Gasteiger charge is -2.31. The Balaban J connectivity index is 1.36. The molecule has 2 aromatic carbocycles. The van der Waals surface area contributed by atoms with E-state index in [9.17, 15) is 13.2 Å². The number of nitrogens with zero attached hydrogens (tertiary/aromatic N) is 3. The lowest BCUT2D eigenvalue weighted by Crippen LogP contribution is -2.45. The minimum atomic E-state index is -3.59. The molecule has 1 amide bonds. The summed E-state index contributed by atoms with van der Waals surface area (Å²) >= 11 is 0. The second-order valence-corrected chi connectivity index (χ2v) is 9.81. The molecule has 7 nitrogen and oxygen atoms in total. The first-order chi connectivity index (χ1) is 14.9. The number of hydrogen-bond acceptors (Lipinski definition) is 4. The molecule has 0 saturated carbocycles. The highest BCUT2D eigenvalue weighted by Gasteiger charge is 2.33. The van der Waals surface area contributed by atoms with Crippen LogP contribution in [0.1, 0.15) is 24.0 Å². The standard InChI is InChI=1S/C23H26N4O3S/c1-18-4-10-22(11-5-18)31(29,30)27-13-2-3-20(16-27)23(28)25-15-19-6-8-21(9-7-19)26-14-12-24-17-26/h4-12,14,17,20H,2-3,13,15-16H2,1H3,(H,25,28)/t20-/m0/s1. The monoisotopic (exact) mass is 438 g/mol. The first kappa shape index (κ1) is 21.3. The van der Waals surface area contributed by atoms with Gasteiger partial charge in [0, 0.05) is 37.7 Å². The third kappa shape index (κ3) is 4.86. The van der Waals surface area contributed by atoms with Gasteiger partial charge in [-0.25, -0.2) is 13.4 Å². The fourth-order valence-electron chi connectivity index (χ4n) is 3.77. The van der Waals surface area contributed by atoms with Gasteiger partial charge in [-0.15, -0.1) is 0 Å². The van der Waals surface area contributed by atoms with E-state index in [1.807, 2.05) is 42.0 Å².